The summed E-state index contributed by atoms with van der Waals surface area (Å²) in [6, 6.07) is 0. The van der Waals surface area contributed by atoms with Gasteiger partial charge >= 0.3 is 0 Å². The Hall–Kier alpha value is -0.963. The molecular formula is C18H34O2Si. The third kappa shape index (κ3) is 7.56. The average Bonchev–Trinajstić information content (AvgIpc) is 2.26. The molecule has 0 bridgehead atoms. The standard InChI is InChI=1S/C18H34O2Si/c1-10-12-13-15-18(6,7)19-16(14-11-2)20-21(8,9)17(3,4)5/h10-11,14H,1-2,12-13,15H2,3-9H3/b16-14-. The van der Waals surface area contributed by atoms with Crippen molar-refractivity contribution >= 4 is 8.32 Å². The Balaban J connectivity index is 4.90. The lowest BCUT2D eigenvalue weighted by molar-refractivity contribution is -0.0288. The van der Waals surface area contributed by atoms with Crippen LogP contribution in [0.15, 0.2) is 37.3 Å². The predicted molar refractivity (Wildman–Crippen MR) is 95.8 cm³/mol. The summed E-state index contributed by atoms with van der Waals surface area (Å²) in [5.74, 6) is 0.597. The smallest absolute Gasteiger partial charge is 0.265 e. The van der Waals surface area contributed by atoms with Gasteiger partial charge < -0.3 is 9.16 Å². The van der Waals surface area contributed by atoms with Crippen LogP contribution in [0.25, 0.3) is 0 Å². The van der Waals surface area contributed by atoms with E-state index in [0.29, 0.717) is 5.95 Å². The minimum absolute atomic E-state index is 0.142. The van der Waals surface area contributed by atoms with Gasteiger partial charge in [0.25, 0.3) is 14.3 Å². The number of ether oxygens (including phenoxy) is 1. The minimum Gasteiger partial charge on any atom is -0.519 e. The summed E-state index contributed by atoms with van der Waals surface area (Å²) in [5.41, 5.74) is -0.250. The van der Waals surface area contributed by atoms with Crippen molar-refractivity contribution in [1.82, 2.24) is 0 Å². The predicted octanol–water partition coefficient (Wildman–Crippen LogP) is 6.19. The van der Waals surface area contributed by atoms with Crippen molar-refractivity contribution in [2.75, 3.05) is 0 Å². The number of allylic oxidation sites excluding steroid dienone is 3. The normalized spacial score (nSPS) is 13.8. The molecule has 0 heterocycles. The van der Waals surface area contributed by atoms with Crippen LogP contribution < -0.4 is 0 Å². The monoisotopic (exact) mass is 310 g/mol. The fraction of sp³-hybridized carbons (Fsp3) is 0.667. The number of hydrogen-bond donors (Lipinski definition) is 0. The molecule has 0 aliphatic carbocycles. The zero-order chi connectivity index (χ0) is 16.7. The van der Waals surface area contributed by atoms with Gasteiger partial charge in [-0.1, -0.05) is 39.5 Å². The molecular weight excluding hydrogens is 276 g/mol. The zero-order valence-electron chi connectivity index (χ0n) is 15.1. The summed E-state index contributed by atoms with van der Waals surface area (Å²) in [6.45, 7) is 22.8. The molecule has 0 fully saturated rings. The van der Waals surface area contributed by atoms with Crippen LogP contribution in [0.1, 0.15) is 53.9 Å². The third-order valence-corrected chi connectivity index (χ3v) is 8.30. The van der Waals surface area contributed by atoms with Gasteiger partial charge in [-0.3, -0.25) is 0 Å². The Morgan fingerprint density at radius 3 is 2.10 bits per heavy atom. The SMILES string of the molecule is C=C/C=C(/OC(C)(C)CCCC=C)O[Si](C)(C)C(C)(C)C. The molecule has 0 amide bonds. The van der Waals surface area contributed by atoms with Crippen molar-refractivity contribution in [3.63, 3.8) is 0 Å². The van der Waals surface area contributed by atoms with Crippen LogP contribution in [0.2, 0.25) is 18.1 Å². The molecule has 0 aromatic heterocycles. The Labute approximate surface area is 133 Å². The zero-order valence-corrected chi connectivity index (χ0v) is 16.1. The van der Waals surface area contributed by atoms with E-state index in [1.165, 1.54) is 0 Å². The Bertz CT molecular complexity index is 373. The molecule has 0 aromatic rings. The first-order valence-corrected chi connectivity index (χ1v) is 10.7. The highest BCUT2D eigenvalue weighted by atomic mass is 28.4. The first-order valence-electron chi connectivity index (χ1n) is 7.77. The lowest BCUT2D eigenvalue weighted by atomic mass is 10.0. The van der Waals surface area contributed by atoms with E-state index in [1.807, 2.05) is 12.2 Å². The van der Waals surface area contributed by atoms with Gasteiger partial charge in [-0.2, -0.15) is 0 Å². The van der Waals surface area contributed by atoms with Gasteiger partial charge in [-0.25, -0.2) is 0 Å². The van der Waals surface area contributed by atoms with E-state index in [2.05, 4.69) is 60.9 Å². The molecule has 0 aliphatic rings. The van der Waals surface area contributed by atoms with Gasteiger partial charge in [-0.05, 0) is 51.2 Å². The van der Waals surface area contributed by atoms with Crippen molar-refractivity contribution in [3.05, 3.63) is 37.3 Å². The molecule has 21 heavy (non-hydrogen) atoms. The highest BCUT2D eigenvalue weighted by Gasteiger charge is 2.40. The van der Waals surface area contributed by atoms with E-state index in [9.17, 15) is 0 Å². The topological polar surface area (TPSA) is 18.5 Å². The fourth-order valence-corrected chi connectivity index (χ4v) is 2.50. The van der Waals surface area contributed by atoms with Gasteiger partial charge in [0.15, 0.2) is 0 Å². The Kier molecular flexibility index (Phi) is 7.52. The van der Waals surface area contributed by atoms with Gasteiger partial charge in [0.2, 0.25) is 0 Å². The second-order valence-electron chi connectivity index (χ2n) is 7.63. The molecule has 0 aliphatic heterocycles. The number of hydrogen-bond acceptors (Lipinski definition) is 2. The van der Waals surface area contributed by atoms with Gasteiger partial charge in [-0.15, -0.1) is 6.58 Å². The van der Waals surface area contributed by atoms with Crippen molar-refractivity contribution < 1.29 is 9.16 Å². The molecule has 0 aromatic carbocycles. The summed E-state index contributed by atoms with van der Waals surface area (Å²) >= 11 is 0. The second-order valence-corrected chi connectivity index (χ2v) is 12.4. The number of rotatable bonds is 9. The summed E-state index contributed by atoms with van der Waals surface area (Å²) in [6.07, 6.45) is 8.55. The summed E-state index contributed by atoms with van der Waals surface area (Å²) < 4.78 is 12.4. The first kappa shape index (κ1) is 20.0. The molecule has 0 radical (unpaired) electrons. The molecule has 0 saturated heterocycles. The van der Waals surface area contributed by atoms with E-state index in [1.54, 1.807) is 6.08 Å². The summed E-state index contributed by atoms with van der Waals surface area (Å²) in [4.78, 5) is 0. The molecule has 0 N–H and O–H groups in total. The van der Waals surface area contributed by atoms with Crippen LogP contribution in [-0.4, -0.2) is 13.9 Å². The lowest BCUT2D eigenvalue weighted by Crippen LogP contribution is -2.41. The van der Waals surface area contributed by atoms with E-state index < -0.39 is 8.32 Å². The molecule has 3 heteroatoms. The highest BCUT2D eigenvalue weighted by Crippen LogP contribution is 2.38. The molecule has 0 saturated carbocycles. The van der Waals surface area contributed by atoms with Crippen LogP contribution in [0.3, 0.4) is 0 Å². The quantitative estimate of drug-likeness (QED) is 0.166. The van der Waals surface area contributed by atoms with Gasteiger partial charge in [0.05, 0.1) is 0 Å². The lowest BCUT2D eigenvalue weighted by Gasteiger charge is -2.38. The average molecular weight is 311 g/mol. The van der Waals surface area contributed by atoms with Gasteiger partial charge in [0, 0.05) is 6.08 Å². The third-order valence-electron chi connectivity index (χ3n) is 3.98. The Morgan fingerprint density at radius 1 is 1.10 bits per heavy atom. The van der Waals surface area contributed by atoms with Crippen LogP contribution in [0, 0.1) is 0 Å². The van der Waals surface area contributed by atoms with Crippen LogP contribution in [-0.2, 0) is 9.16 Å². The molecule has 0 spiro atoms. The fourth-order valence-electron chi connectivity index (χ4n) is 1.59. The maximum Gasteiger partial charge on any atom is 0.265 e. The Morgan fingerprint density at radius 2 is 1.67 bits per heavy atom. The summed E-state index contributed by atoms with van der Waals surface area (Å²) in [7, 11) is -1.90. The van der Waals surface area contributed by atoms with Crippen molar-refractivity contribution in [1.29, 1.82) is 0 Å². The van der Waals surface area contributed by atoms with Gasteiger partial charge in [0.1, 0.15) is 5.60 Å². The van der Waals surface area contributed by atoms with E-state index in [-0.39, 0.29) is 10.6 Å². The molecule has 0 rings (SSSR count). The van der Waals surface area contributed by atoms with E-state index in [4.69, 9.17) is 9.16 Å². The van der Waals surface area contributed by atoms with Crippen LogP contribution in [0.5, 0.6) is 0 Å². The largest absolute Gasteiger partial charge is 0.519 e. The second kappa shape index (κ2) is 7.88. The van der Waals surface area contributed by atoms with E-state index >= 15 is 0 Å². The van der Waals surface area contributed by atoms with E-state index in [0.717, 1.165) is 19.3 Å². The molecule has 0 atom stereocenters. The molecule has 2 nitrogen and oxygen atoms in total. The number of unbranched alkanes of at least 4 members (excludes halogenated alkanes) is 1. The summed E-state index contributed by atoms with van der Waals surface area (Å²) in [5, 5.41) is 0.142. The van der Waals surface area contributed by atoms with Crippen LogP contribution in [0.4, 0.5) is 0 Å². The van der Waals surface area contributed by atoms with Crippen LogP contribution >= 0.6 is 0 Å². The maximum absolute atomic E-state index is 6.27. The highest BCUT2D eigenvalue weighted by molar-refractivity contribution is 6.74. The molecule has 122 valence electrons. The van der Waals surface area contributed by atoms with Crippen molar-refractivity contribution in [2.45, 2.75) is 77.6 Å². The minimum atomic E-state index is -1.90. The van der Waals surface area contributed by atoms with Crippen molar-refractivity contribution in [3.8, 4) is 0 Å². The van der Waals surface area contributed by atoms with Crippen molar-refractivity contribution in [2.24, 2.45) is 0 Å². The first-order chi connectivity index (χ1) is 9.45. The molecule has 0 unspecified atom stereocenters. The maximum atomic E-state index is 6.27.